The van der Waals surface area contributed by atoms with E-state index in [4.69, 9.17) is 15.2 Å². The van der Waals surface area contributed by atoms with Crippen LogP contribution in [0, 0.1) is 5.82 Å². The van der Waals surface area contributed by atoms with Gasteiger partial charge in [-0.3, -0.25) is 0 Å². The number of rotatable bonds is 5. The molecule has 0 saturated carbocycles. The molecule has 0 unspecified atom stereocenters. The van der Waals surface area contributed by atoms with Crippen LogP contribution in [0.1, 0.15) is 12.5 Å². The summed E-state index contributed by atoms with van der Waals surface area (Å²) in [6.07, 6.45) is 0. The monoisotopic (exact) mass is 261 g/mol. The summed E-state index contributed by atoms with van der Waals surface area (Å²) in [5, 5.41) is 0. The van der Waals surface area contributed by atoms with Gasteiger partial charge in [0.15, 0.2) is 0 Å². The Morgan fingerprint density at radius 3 is 2.47 bits per heavy atom. The van der Waals surface area contributed by atoms with Crippen LogP contribution >= 0.6 is 0 Å². The third-order valence-electron chi connectivity index (χ3n) is 2.62. The zero-order valence-electron chi connectivity index (χ0n) is 10.7. The Bertz CT molecular complexity index is 558. The number of nitrogen functional groups attached to an aromatic ring is 1. The van der Waals surface area contributed by atoms with Crippen molar-refractivity contribution < 1.29 is 13.9 Å². The van der Waals surface area contributed by atoms with Crippen LogP contribution in [0.4, 0.5) is 10.1 Å². The summed E-state index contributed by atoms with van der Waals surface area (Å²) in [4.78, 5) is 0. The Balaban J connectivity index is 2.03. The summed E-state index contributed by atoms with van der Waals surface area (Å²) < 4.78 is 23.9. The van der Waals surface area contributed by atoms with Gasteiger partial charge < -0.3 is 15.2 Å². The molecule has 100 valence electrons. The van der Waals surface area contributed by atoms with Crippen molar-refractivity contribution in [1.29, 1.82) is 0 Å². The Labute approximate surface area is 111 Å². The molecule has 0 aliphatic rings. The van der Waals surface area contributed by atoms with E-state index in [1.54, 1.807) is 6.07 Å². The van der Waals surface area contributed by atoms with E-state index in [9.17, 15) is 4.39 Å². The summed E-state index contributed by atoms with van der Waals surface area (Å²) >= 11 is 0. The fourth-order valence-corrected chi connectivity index (χ4v) is 1.68. The van der Waals surface area contributed by atoms with E-state index in [2.05, 4.69) is 0 Å². The maximum Gasteiger partial charge on any atom is 0.125 e. The van der Waals surface area contributed by atoms with Gasteiger partial charge in [-0.1, -0.05) is 12.1 Å². The highest BCUT2D eigenvalue weighted by atomic mass is 19.1. The molecule has 0 aliphatic carbocycles. The zero-order chi connectivity index (χ0) is 13.7. The van der Waals surface area contributed by atoms with Crippen molar-refractivity contribution in [2.24, 2.45) is 0 Å². The summed E-state index contributed by atoms with van der Waals surface area (Å²) in [5.41, 5.74) is 6.86. The number of hydrogen-bond acceptors (Lipinski definition) is 3. The van der Waals surface area contributed by atoms with Gasteiger partial charge in [-0.05, 0) is 31.2 Å². The van der Waals surface area contributed by atoms with Crippen molar-refractivity contribution in [3.8, 4) is 11.5 Å². The van der Waals surface area contributed by atoms with Gasteiger partial charge >= 0.3 is 0 Å². The van der Waals surface area contributed by atoms with Crippen LogP contribution in [0.15, 0.2) is 42.5 Å². The Morgan fingerprint density at radius 2 is 1.79 bits per heavy atom. The molecule has 0 aliphatic heterocycles. The molecule has 4 heteroatoms. The van der Waals surface area contributed by atoms with Gasteiger partial charge in [-0.15, -0.1) is 0 Å². The molecular formula is C15H16FNO2. The maximum atomic E-state index is 12.9. The van der Waals surface area contributed by atoms with E-state index in [0.29, 0.717) is 24.7 Å². The summed E-state index contributed by atoms with van der Waals surface area (Å²) in [7, 11) is 0. The molecule has 0 aromatic heterocycles. The number of ether oxygens (including phenoxy) is 2. The molecule has 0 heterocycles. The molecule has 0 fully saturated rings. The predicted molar refractivity (Wildman–Crippen MR) is 72.8 cm³/mol. The molecule has 2 rings (SSSR count). The van der Waals surface area contributed by atoms with Crippen LogP contribution in [0.2, 0.25) is 0 Å². The predicted octanol–water partition coefficient (Wildman–Crippen LogP) is 3.39. The lowest BCUT2D eigenvalue weighted by atomic mass is 10.2. The number of hydrogen-bond donors (Lipinski definition) is 1. The van der Waals surface area contributed by atoms with E-state index < -0.39 is 0 Å². The zero-order valence-corrected chi connectivity index (χ0v) is 10.7. The van der Waals surface area contributed by atoms with E-state index >= 15 is 0 Å². The fourth-order valence-electron chi connectivity index (χ4n) is 1.68. The van der Waals surface area contributed by atoms with Crippen LogP contribution in [0.3, 0.4) is 0 Å². The Kier molecular flexibility index (Phi) is 4.23. The highest BCUT2D eigenvalue weighted by Crippen LogP contribution is 2.21. The van der Waals surface area contributed by atoms with Gasteiger partial charge in [0.2, 0.25) is 0 Å². The van der Waals surface area contributed by atoms with Crippen LogP contribution in [0.25, 0.3) is 0 Å². The molecule has 0 bridgehead atoms. The number of anilines is 1. The average Bonchev–Trinajstić information content (AvgIpc) is 2.38. The van der Waals surface area contributed by atoms with Crippen LogP contribution in [-0.4, -0.2) is 6.61 Å². The second kappa shape index (κ2) is 6.09. The molecule has 2 aromatic rings. The highest BCUT2D eigenvalue weighted by Gasteiger charge is 2.03. The number of halogens is 1. The first kappa shape index (κ1) is 13.2. The fraction of sp³-hybridized carbons (Fsp3) is 0.200. The first-order valence-corrected chi connectivity index (χ1v) is 6.08. The normalized spacial score (nSPS) is 10.2. The van der Waals surface area contributed by atoms with Crippen LogP contribution in [-0.2, 0) is 6.61 Å². The van der Waals surface area contributed by atoms with E-state index in [0.717, 1.165) is 11.3 Å². The molecule has 0 radical (unpaired) electrons. The largest absolute Gasteiger partial charge is 0.494 e. The van der Waals surface area contributed by atoms with E-state index in [1.807, 2.05) is 31.2 Å². The molecular weight excluding hydrogens is 245 g/mol. The second-order valence-corrected chi connectivity index (χ2v) is 4.04. The maximum absolute atomic E-state index is 12.9. The lowest BCUT2D eigenvalue weighted by molar-refractivity contribution is 0.300. The molecule has 0 saturated heterocycles. The molecule has 3 nitrogen and oxygen atoms in total. The minimum absolute atomic E-state index is 0.293. The third kappa shape index (κ3) is 3.61. The van der Waals surface area contributed by atoms with Gasteiger partial charge in [0, 0.05) is 17.3 Å². The van der Waals surface area contributed by atoms with E-state index in [1.165, 1.54) is 12.1 Å². The summed E-state index contributed by atoms with van der Waals surface area (Å²) in [6, 6.07) is 11.6. The summed E-state index contributed by atoms with van der Waals surface area (Å²) in [6.45, 7) is 2.82. The first-order valence-electron chi connectivity index (χ1n) is 6.08. The SMILES string of the molecule is CCOc1cccc(OCc2ccc(F)cc2N)c1. The molecule has 0 spiro atoms. The lowest BCUT2D eigenvalue weighted by Gasteiger charge is -2.10. The number of benzene rings is 2. The van der Waals surface area contributed by atoms with Gasteiger partial charge in [0.1, 0.15) is 23.9 Å². The lowest BCUT2D eigenvalue weighted by Crippen LogP contribution is -2.01. The van der Waals surface area contributed by atoms with Crippen molar-refractivity contribution in [2.45, 2.75) is 13.5 Å². The van der Waals surface area contributed by atoms with Crippen molar-refractivity contribution >= 4 is 5.69 Å². The smallest absolute Gasteiger partial charge is 0.125 e. The van der Waals surface area contributed by atoms with Crippen LogP contribution in [0.5, 0.6) is 11.5 Å². The molecule has 2 aromatic carbocycles. The molecule has 0 atom stereocenters. The van der Waals surface area contributed by atoms with Crippen LogP contribution < -0.4 is 15.2 Å². The average molecular weight is 261 g/mol. The van der Waals surface area contributed by atoms with Crippen molar-refractivity contribution in [2.75, 3.05) is 12.3 Å². The summed E-state index contributed by atoms with van der Waals surface area (Å²) in [5.74, 6) is 1.10. The topological polar surface area (TPSA) is 44.5 Å². The minimum Gasteiger partial charge on any atom is -0.494 e. The Hall–Kier alpha value is -2.23. The molecule has 2 N–H and O–H groups in total. The van der Waals surface area contributed by atoms with Crippen molar-refractivity contribution in [1.82, 2.24) is 0 Å². The van der Waals surface area contributed by atoms with Gasteiger partial charge in [0.05, 0.1) is 6.61 Å². The molecule has 19 heavy (non-hydrogen) atoms. The van der Waals surface area contributed by atoms with Gasteiger partial charge in [0.25, 0.3) is 0 Å². The van der Waals surface area contributed by atoms with E-state index in [-0.39, 0.29) is 5.82 Å². The van der Waals surface area contributed by atoms with Crippen molar-refractivity contribution in [3.05, 3.63) is 53.8 Å². The van der Waals surface area contributed by atoms with Crippen molar-refractivity contribution in [3.63, 3.8) is 0 Å². The Morgan fingerprint density at radius 1 is 1.05 bits per heavy atom. The highest BCUT2D eigenvalue weighted by molar-refractivity contribution is 5.46. The standard InChI is InChI=1S/C15H16FNO2/c1-2-18-13-4-3-5-14(9-13)19-10-11-6-7-12(16)8-15(11)17/h3-9H,2,10,17H2,1H3. The second-order valence-electron chi connectivity index (χ2n) is 4.04. The van der Waals surface area contributed by atoms with Gasteiger partial charge in [-0.2, -0.15) is 0 Å². The first-order chi connectivity index (χ1) is 9.19. The van der Waals surface area contributed by atoms with Gasteiger partial charge in [-0.25, -0.2) is 4.39 Å². The number of nitrogens with two attached hydrogens (primary N) is 1. The quantitative estimate of drug-likeness (QED) is 0.839. The minimum atomic E-state index is -0.348. The molecule has 0 amide bonds. The third-order valence-corrected chi connectivity index (χ3v) is 2.62.